The molecule has 1 heterocycles. The molecule has 0 N–H and O–H groups in total. The molecule has 0 unspecified atom stereocenters. The van der Waals surface area contributed by atoms with Gasteiger partial charge in [-0.05, 0) is 30.3 Å². The Hall–Kier alpha value is -3.47. The maximum absolute atomic E-state index is 12.9. The molecule has 10 nitrogen and oxygen atoms in total. The monoisotopic (exact) mass is 447 g/mol. The second-order valence-corrected chi connectivity index (χ2v) is 9.07. The third kappa shape index (κ3) is 5.00. The van der Waals surface area contributed by atoms with Crippen molar-refractivity contribution in [3.63, 3.8) is 0 Å². The van der Waals surface area contributed by atoms with E-state index in [2.05, 4.69) is 0 Å². The van der Waals surface area contributed by atoms with E-state index in [-0.39, 0.29) is 42.5 Å². The van der Waals surface area contributed by atoms with Crippen molar-refractivity contribution >= 4 is 27.3 Å². The number of hydrogen-bond acceptors (Lipinski definition) is 7. The van der Waals surface area contributed by atoms with Crippen LogP contribution in [0.2, 0.25) is 0 Å². The summed E-state index contributed by atoms with van der Waals surface area (Å²) in [5.41, 5.74) is -0.0544. The largest absolute Gasteiger partial charge is 0.497 e. The normalized spacial score (nSPS) is 14.3. The number of benzene rings is 2. The van der Waals surface area contributed by atoms with Crippen LogP contribution in [0.15, 0.2) is 47.4 Å². The molecule has 0 spiro atoms. The smallest absolute Gasteiger partial charge is 0.271 e. The summed E-state index contributed by atoms with van der Waals surface area (Å²) >= 11 is 0. The number of sulfone groups is 1. The van der Waals surface area contributed by atoms with E-state index in [1.165, 1.54) is 12.0 Å². The highest BCUT2D eigenvalue weighted by atomic mass is 32.2. The van der Waals surface area contributed by atoms with E-state index in [1.807, 2.05) is 0 Å². The Morgan fingerprint density at radius 2 is 1.45 bits per heavy atom. The highest BCUT2D eigenvalue weighted by Crippen LogP contribution is 2.23. The van der Waals surface area contributed by atoms with Crippen molar-refractivity contribution < 1.29 is 27.7 Å². The lowest BCUT2D eigenvalue weighted by molar-refractivity contribution is -0.385. The van der Waals surface area contributed by atoms with Crippen molar-refractivity contribution in [1.29, 1.82) is 0 Å². The second-order valence-electron chi connectivity index (χ2n) is 7.06. The van der Waals surface area contributed by atoms with E-state index in [9.17, 15) is 28.1 Å². The molecule has 1 saturated heterocycles. The lowest BCUT2D eigenvalue weighted by Crippen LogP contribution is -2.50. The Balaban J connectivity index is 1.73. The van der Waals surface area contributed by atoms with Crippen molar-refractivity contribution in [3.05, 3.63) is 63.7 Å². The molecule has 0 aliphatic carbocycles. The molecule has 0 atom stereocenters. The van der Waals surface area contributed by atoms with Crippen LogP contribution in [0.4, 0.5) is 5.69 Å². The average Bonchev–Trinajstić information content (AvgIpc) is 2.77. The van der Waals surface area contributed by atoms with Gasteiger partial charge < -0.3 is 14.5 Å². The molecule has 2 amide bonds. The molecule has 1 aliphatic rings. The number of nitrogens with zero attached hydrogens (tertiary/aromatic N) is 3. The minimum atomic E-state index is -3.74. The van der Waals surface area contributed by atoms with E-state index < -0.39 is 26.4 Å². The van der Waals surface area contributed by atoms with Gasteiger partial charge in [-0.15, -0.1) is 0 Å². The van der Waals surface area contributed by atoms with Crippen molar-refractivity contribution in [1.82, 2.24) is 9.80 Å². The molecular formula is C20H21N3O7S. The fraction of sp³-hybridized carbons (Fsp3) is 0.300. The van der Waals surface area contributed by atoms with Gasteiger partial charge in [0.25, 0.3) is 17.5 Å². The molecule has 0 saturated carbocycles. The minimum Gasteiger partial charge on any atom is -0.497 e. The van der Waals surface area contributed by atoms with Crippen LogP contribution in [0.1, 0.15) is 20.7 Å². The highest BCUT2D eigenvalue weighted by Gasteiger charge is 2.27. The Morgan fingerprint density at radius 1 is 0.935 bits per heavy atom. The van der Waals surface area contributed by atoms with Gasteiger partial charge in [0.1, 0.15) is 5.75 Å². The Kier molecular flexibility index (Phi) is 6.25. The number of non-ortho nitro benzene ring substituents is 1. The first-order valence-corrected chi connectivity index (χ1v) is 11.2. The molecule has 1 aliphatic heterocycles. The van der Waals surface area contributed by atoms with Gasteiger partial charge in [-0.1, -0.05) is 0 Å². The summed E-state index contributed by atoms with van der Waals surface area (Å²) < 4.78 is 28.8. The Morgan fingerprint density at radius 3 is 1.90 bits per heavy atom. The van der Waals surface area contributed by atoms with Gasteiger partial charge in [-0.25, -0.2) is 8.42 Å². The molecule has 1 fully saturated rings. The summed E-state index contributed by atoms with van der Waals surface area (Å²) in [6.45, 7) is 1.00. The van der Waals surface area contributed by atoms with Gasteiger partial charge in [-0.2, -0.15) is 0 Å². The first kappa shape index (κ1) is 22.2. The fourth-order valence-electron chi connectivity index (χ4n) is 3.24. The summed E-state index contributed by atoms with van der Waals surface area (Å²) in [4.78, 5) is 38.7. The first-order chi connectivity index (χ1) is 14.6. The highest BCUT2D eigenvalue weighted by molar-refractivity contribution is 7.90. The molecule has 31 heavy (non-hydrogen) atoms. The maximum atomic E-state index is 12.9. The number of carbonyl (C=O) groups is 2. The van der Waals surface area contributed by atoms with Gasteiger partial charge in [0.15, 0.2) is 9.84 Å². The summed E-state index contributed by atoms with van der Waals surface area (Å²) in [7, 11) is -2.20. The minimum absolute atomic E-state index is 0.0791. The van der Waals surface area contributed by atoms with E-state index in [0.717, 1.165) is 24.5 Å². The summed E-state index contributed by atoms with van der Waals surface area (Å²) in [6.07, 6.45) is 0.921. The number of methoxy groups -OCH3 is 1. The molecule has 2 aromatic carbocycles. The summed E-state index contributed by atoms with van der Waals surface area (Å²) in [5, 5.41) is 11.2. The standard InChI is InChI=1S/C20H21N3O7S/c1-30-17-5-3-14(4-6-17)19(24)21-7-9-22(10-8-21)20(25)15-11-16(23(26)27)13-18(12-15)31(2,28)29/h3-6,11-13H,7-10H2,1-2H3. The lowest BCUT2D eigenvalue weighted by atomic mass is 10.1. The van der Waals surface area contributed by atoms with Crippen LogP contribution in [0.5, 0.6) is 5.75 Å². The Labute approximate surface area is 179 Å². The van der Waals surface area contributed by atoms with E-state index in [4.69, 9.17) is 4.74 Å². The van der Waals surface area contributed by atoms with E-state index in [1.54, 1.807) is 29.2 Å². The molecule has 2 aromatic rings. The summed E-state index contributed by atoms with van der Waals surface area (Å²) in [5.74, 6) is -0.0630. The lowest BCUT2D eigenvalue weighted by Gasteiger charge is -2.35. The zero-order valence-electron chi connectivity index (χ0n) is 17.0. The SMILES string of the molecule is COc1ccc(C(=O)N2CCN(C(=O)c3cc([N+](=O)[O-])cc(S(C)(=O)=O)c3)CC2)cc1. The molecule has 164 valence electrons. The van der Waals surface area contributed by atoms with Crippen LogP contribution in [0.25, 0.3) is 0 Å². The van der Waals surface area contributed by atoms with Gasteiger partial charge in [-0.3, -0.25) is 19.7 Å². The number of rotatable bonds is 5. The van der Waals surface area contributed by atoms with Crippen LogP contribution in [-0.4, -0.2) is 74.5 Å². The number of nitro benzene ring substituents is 1. The van der Waals surface area contributed by atoms with E-state index >= 15 is 0 Å². The van der Waals surface area contributed by atoms with Crippen LogP contribution in [0.3, 0.4) is 0 Å². The summed E-state index contributed by atoms with van der Waals surface area (Å²) in [6, 6.07) is 9.83. The van der Waals surface area contributed by atoms with Gasteiger partial charge in [0, 0.05) is 55.7 Å². The van der Waals surface area contributed by atoms with Crippen LogP contribution >= 0.6 is 0 Å². The van der Waals surface area contributed by atoms with Crippen LogP contribution < -0.4 is 4.74 Å². The molecule has 0 bridgehead atoms. The zero-order chi connectivity index (χ0) is 22.8. The third-order valence-electron chi connectivity index (χ3n) is 4.97. The molecular weight excluding hydrogens is 426 g/mol. The Bertz CT molecular complexity index is 1120. The predicted octanol–water partition coefficient (Wildman–Crippen LogP) is 1.61. The van der Waals surface area contributed by atoms with Gasteiger partial charge in [0.05, 0.1) is 16.9 Å². The maximum Gasteiger partial charge on any atom is 0.271 e. The molecule has 11 heteroatoms. The van der Waals surface area contributed by atoms with Crippen molar-refractivity contribution in [2.75, 3.05) is 39.5 Å². The van der Waals surface area contributed by atoms with Crippen molar-refractivity contribution in [2.24, 2.45) is 0 Å². The van der Waals surface area contributed by atoms with Crippen LogP contribution in [-0.2, 0) is 9.84 Å². The van der Waals surface area contributed by atoms with Gasteiger partial charge in [0.2, 0.25) is 0 Å². The van der Waals surface area contributed by atoms with Gasteiger partial charge >= 0.3 is 0 Å². The number of amides is 2. The van der Waals surface area contributed by atoms with Crippen molar-refractivity contribution in [3.8, 4) is 5.75 Å². The predicted molar refractivity (Wildman–Crippen MR) is 111 cm³/mol. The first-order valence-electron chi connectivity index (χ1n) is 9.32. The third-order valence-corrected chi connectivity index (χ3v) is 6.06. The number of hydrogen-bond donors (Lipinski definition) is 0. The topological polar surface area (TPSA) is 127 Å². The van der Waals surface area contributed by atoms with E-state index in [0.29, 0.717) is 11.3 Å². The zero-order valence-corrected chi connectivity index (χ0v) is 17.8. The van der Waals surface area contributed by atoms with Crippen LogP contribution in [0, 0.1) is 10.1 Å². The quantitative estimate of drug-likeness (QED) is 0.503. The molecule has 3 rings (SSSR count). The fourth-order valence-corrected chi connectivity index (χ4v) is 3.91. The average molecular weight is 447 g/mol. The van der Waals surface area contributed by atoms with Crippen molar-refractivity contribution in [2.45, 2.75) is 4.90 Å². The molecule has 0 aromatic heterocycles. The number of ether oxygens (including phenoxy) is 1. The molecule has 0 radical (unpaired) electrons. The second kappa shape index (κ2) is 8.72. The number of nitro groups is 1. The number of carbonyl (C=O) groups excluding carboxylic acids is 2. The number of piperazine rings is 1.